The topological polar surface area (TPSA) is 55.8 Å². The lowest BCUT2D eigenvalue weighted by Crippen LogP contribution is -2.43. The Hall–Kier alpha value is -4.04. The van der Waals surface area contributed by atoms with Crippen molar-refractivity contribution in [2.24, 2.45) is 0 Å². The van der Waals surface area contributed by atoms with Gasteiger partial charge in [0.1, 0.15) is 11.2 Å². The third kappa shape index (κ3) is 2.58. The van der Waals surface area contributed by atoms with E-state index < -0.39 is 11.4 Å². The Bertz CT molecular complexity index is 1320. The average molecular weight is 409 g/mol. The minimum absolute atomic E-state index is 0.00431. The van der Waals surface area contributed by atoms with Crippen molar-refractivity contribution in [3.05, 3.63) is 83.6 Å². The standard InChI is InChI=1S/C26H19NO4/c1-3-15-27-20-12-8-7-11-19(20)26(25(27)29)16-22(24(28)30-4-2)31-21-14-13-17-9-5-6-10-18(17)23(21)26/h1,5-14,16H,4,15H2,2H3/t26-/m0/s1. The van der Waals surface area contributed by atoms with Gasteiger partial charge in [-0.25, -0.2) is 4.79 Å². The fraction of sp³-hybridized carbons (Fsp3) is 0.154. The van der Waals surface area contributed by atoms with Crippen molar-refractivity contribution in [2.75, 3.05) is 18.1 Å². The summed E-state index contributed by atoms with van der Waals surface area (Å²) in [4.78, 5) is 28.3. The number of nitrogens with zero attached hydrogens (tertiary/aromatic N) is 1. The third-order valence-corrected chi connectivity index (χ3v) is 5.78. The zero-order chi connectivity index (χ0) is 21.6. The van der Waals surface area contributed by atoms with Gasteiger partial charge in [-0.3, -0.25) is 9.69 Å². The van der Waals surface area contributed by atoms with Crippen LogP contribution in [-0.2, 0) is 19.7 Å². The SMILES string of the molecule is C#CCN1C(=O)[C@@]2(C=C(C(=O)OCC)Oc3ccc4ccccc4c32)c2ccccc21. The van der Waals surface area contributed by atoms with Crippen LogP contribution in [0.1, 0.15) is 18.1 Å². The summed E-state index contributed by atoms with van der Waals surface area (Å²) < 4.78 is 11.2. The summed E-state index contributed by atoms with van der Waals surface area (Å²) in [5.74, 6) is 2.21. The molecule has 2 aliphatic heterocycles. The molecule has 0 saturated heterocycles. The Morgan fingerprint density at radius 1 is 1.13 bits per heavy atom. The summed E-state index contributed by atoms with van der Waals surface area (Å²) in [5.41, 5.74) is 0.948. The lowest BCUT2D eigenvalue weighted by Gasteiger charge is -2.33. The molecule has 5 rings (SSSR count). The smallest absolute Gasteiger partial charge is 0.373 e. The Morgan fingerprint density at radius 3 is 2.71 bits per heavy atom. The summed E-state index contributed by atoms with van der Waals surface area (Å²) in [6, 6.07) is 19.1. The van der Waals surface area contributed by atoms with Crippen LogP contribution in [0.25, 0.3) is 10.8 Å². The summed E-state index contributed by atoms with van der Waals surface area (Å²) in [5, 5.41) is 1.85. The number of anilines is 1. The fourth-order valence-electron chi connectivity index (χ4n) is 4.57. The van der Waals surface area contributed by atoms with Gasteiger partial charge in [0.15, 0.2) is 0 Å². The first kappa shape index (κ1) is 19.0. The molecule has 31 heavy (non-hydrogen) atoms. The number of rotatable bonds is 3. The Kier molecular flexibility index (Phi) is 4.30. The van der Waals surface area contributed by atoms with E-state index in [1.165, 1.54) is 0 Å². The van der Waals surface area contributed by atoms with Crippen molar-refractivity contribution in [3.63, 3.8) is 0 Å². The Labute approximate surface area is 179 Å². The van der Waals surface area contributed by atoms with Gasteiger partial charge in [0.05, 0.1) is 13.2 Å². The number of amides is 1. The molecule has 0 fully saturated rings. The van der Waals surface area contributed by atoms with Crippen LogP contribution in [0.2, 0.25) is 0 Å². The molecule has 0 N–H and O–H groups in total. The molecule has 2 aliphatic rings. The van der Waals surface area contributed by atoms with Gasteiger partial charge in [0.25, 0.3) is 0 Å². The molecule has 1 spiro atoms. The second-order valence-electron chi connectivity index (χ2n) is 7.41. The summed E-state index contributed by atoms with van der Waals surface area (Å²) in [7, 11) is 0. The highest BCUT2D eigenvalue weighted by Gasteiger charge is 2.55. The number of ether oxygens (including phenoxy) is 2. The molecule has 5 nitrogen and oxygen atoms in total. The molecule has 3 aromatic carbocycles. The molecule has 0 saturated carbocycles. The minimum Gasteiger partial charge on any atom is -0.460 e. The van der Waals surface area contributed by atoms with E-state index >= 15 is 0 Å². The highest BCUT2D eigenvalue weighted by molar-refractivity contribution is 6.16. The Balaban J connectivity index is 1.89. The molecule has 3 aromatic rings. The predicted molar refractivity (Wildman–Crippen MR) is 118 cm³/mol. The van der Waals surface area contributed by atoms with E-state index in [4.69, 9.17) is 15.9 Å². The molecule has 0 radical (unpaired) electrons. The largest absolute Gasteiger partial charge is 0.460 e. The van der Waals surface area contributed by atoms with Crippen molar-refractivity contribution >= 4 is 28.3 Å². The van der Waals surface area contributed by atoms with Gasteiger partial charge in [-0.1, -0.05) is 54.5 Å². The number of carbonyl (C=O) groups excluding carboxylic acids is 2. The summed E-state index contributed by atoms with van der Waals surface area (Å²) >= 11 is 0. The number of carbonyl (C=O) groups is 2. The molecule has 5 heteroatoms. The normalized spacial score (nSPS) is 18.8. The van der Waals surface area contributed by atoms with Crippen molar-refractivity contribution in [3.8, 4) is 18.1 Å². The lowest BCUT2D eigenvalue weighted by molar-refractivity contribution is -0.141. The number of para-hydroxylation sites is 1. The van der Waals surface area contributed by atoms with Crippen LogP contribution >= 0.6 is 0 Å². The number of esters is 1. The van der Waals surface area contributed by atoms with Gasteiger partial charge in [-0.15, -0.1) is 6.42 Å². The highest BCUT2D eigenvalue weighted by Crippen LogP contribution is 2.54. The maximum atomic E-state index is 14.0. The molecule has 1 amide bonds. The quantitative estimate of drug-likeness (QED) is 0.486. The van der Waals surface area contributed by atoms with Gasteiger partial charge in [0.2, 0.25) is 11.7 Å². The van der Waals surface area contributed by atoms with Crippen LogP contribution in [0.15, 0.2) is 72.5 Å². The van der Waals surface area contributed by atoms with Gasteiger partial charge < -0.3 is 9.47 Å². The van der Waals surface area contributed by atoms with Gasteiger partial charge in [0, 0.05) is 16.8 Å². The first-order valence-electron chi connectivity index (χ1n) is 10.1. The van der Waals surface area contributed by atoms with Crippen molar-refractivity contribution in [2.45, 2.75) is 12.3 Å². The molecule has 1 atom stereocenters. The zero-order valence-corrected chi connectivity index (χ0v) is 16.9. The number of benzene rings is 3. The molecular formula is C26H19NO4. The van der Waals surface area contributed by atoms with Crippen molar-refractivity contribution < 1.29 is 19.1 Å². The molecule has 0 aliphatic carbocycles. The zero-order valence-electron chi connectivity index (χ0n) is 16.9. The molecule has 0 bridgehead atoms. The van der Waals surface area contributed by atoms with Gasteiger partial charge in [-0.05, 0) is 35.9 Å². The minimum atomic E-state index is -1.25. The van der Waals surface area contributed by atoms with Crippen LogP contribution in [0.4, 0.5) is 5.69 Å². The van der Waals surface area contributed by atoms with E-state index in [9.17, 15) is 9.59 Å². The maximum absolute atomic E-state index is 14.0. The van der Waals surface area contributed by atoms with Crippen molar-refractivity contribution in [1.29, 1.82) is 0 Å². The monoisotopic (exact) mass is 409 g/mol. The van der Waals surface area contributed by atoms with E-state index in [0.29, 0.717) is 11.3 Å². The van der Waals surface area contributed by atoms with Crippen LogP contribution in [0, 0.1) is 12.3 Å². The van der Waals surface area contributed by atoms with Crippen LogP contribution in [0.5, 0.6) is 5.75 Å². The highest BCUT2D eigenvalue weighted by atomic mass is 16.6. The molecule has 152 valence electrons. The predicted octanol–water partition coefficient (Wildman–Crippen LogP) is 3.95. The van der Waals surface area contributed by atoms with E-state index in [0.717, 1.165) is 22.0 Å². The van der Waals surface area contributed by atoms with E-state index in [1.54, 1.807) is 24.0 Å². The fourth-order valence-corrected chi connectivity index (χ4v) is 4.57. The third-order valence-electron chi connectivity index (χ3n) is 5.78. The summed E-state index contributed by atoms with van der Waals surface area (Å²) in [6.45, 7) is 2.05. The van der Waals surface area contributed by atoms with Crippen LogP contribution in [-0.4, -0.2) is 25.0 Å². The van der Waals surface area contributed by atoms with E-state index in [2.05, 4.69) is 5.92 Å². The number of hydrogen-bond donors (Lipinski definition) is 0. The van der Waals surface area contributed by atoms with Gasteiger partial charge in [-0.2, -0.15) is 0 Å². The molecule has 0 unspecified atom stereocenters. The van der Waals surface area contributed by atoms with Crippen molar-refractivity contribution in [1.82, 2.24) is 0 Å². The second kappa shape index (κ2) is 7.03. The Morgan fingerprint density at radius 2 is 1.90 bits per heavy atom. The number of terminal acetylenes is 1. The average Bonchev–Trinajstić information content (AvgIpc) is 3.02. The van der Waals surface area contributed by atoms with Gasteiger partial charge >= 0.3 is 5.97 Å². The first-order valence-corrected chi connectivity index (χ1v) is 10.1. The van der Waals surface area contributed by atoms with E-state index in [-0.39, 0.29) is 24.8 Å². The number of fused-ring (bicyclic) bond motifs is 6. The molecule has 2 heterocycles. The lowest BCUT2D eigenvalue weighted by atomic mass is 9.71. The summed E-state index contributed by atoms with van der Waals surface area (Å²) in [6.07, 6.45) is 7.18. The molecular weight excluding hydrogens is 390 g/mol. The first-order chi connectivity index (χ1) is 15.1. The van der Waals surface area contributed by atoms with Crippen LogP contribution in [0.3, 0.4) is 0 Å². The van der Waals surface area contributed by atoms with Crippen LogP contribution < -0.4 is 9.64 Å². The van der Waals surface area contributed by atoms with E-state index in [1.807, 2.05) is 54.6 Å². The molecule has 0 aromatic heterocycles. The maximum Gasteiger partial charge on any atom is 0.373 e. The second-order valence-corrected chi connectivity index (χ2v) is 7.41. The number of hydrogen-bond acceptors (Lipinski definition) is 4.